The van der Waals surface area contributed by atoms with Crippen molar-refractivity contribution < 1.29 is 4.39 Å². The predicted octanol–water partition coefficient (Wildman–Crippen LogP) is 5.32. The lowest BCUT2D eigenvalue weighted by molar-refractivity contribution is 0.302. The number of aryl methyl sites for hydroxylation is 1. The van der Waals surface area contributed by atoms with Gasteiger partial charge in [-0.25, -0.2) is 0 Å². The van der Waals surface area contributed by atoms with E-state index in [4.69, 9.17) is 5.73 Å². The van der Waals surface area contributed by atoms with Crippen molar-refractivity contribution in [3.63, 3.8) is 0 Å². The summed E-state index contributed by atoms with van der Waals surface area (Å²) in [7, 11) is 0. The first-order valence-corrected chi connectivity index (χ1v) is 7.61. The molecular formula is C18H28FN. The lowest BCUT2D eigenvalue weighted by Gasteiger charge is -2.31. The molecule has 0 radical (unpaired) electrons. The number of hydrogen-bond acceptors (Lipinski definition) is 1. The van der Waals surface area contributed by atoms with Crippen LogP contribution in [0.15, 0.2) is 23.8 Å². The molecule has 1 aliphatic rings. The second kappa shape index (κ2) is 7.47. The van der Waals surface area contributed by atoms with Gasteiger partial charge in [0.1, 0.15) is 0 Å². The molecule has 2 unspecified atom stereocenters. The molecule has 1 nitrogen and oxygen atoms in total. The molecule has 0 saturated carbocycles. The van der Waals surface area contributed by atoms with E-state index in [-0.39, 0.29) is 18.5 Å². The molecule has 2 rings (SSSR count). The standard InChI is InChI=1S/C16H22FN.C2H6/c1-10-4-6-13(9-17)14(8-10)16-12(3)11(2)5-7-15(16)18;1-2/h4-5,7,13-14H,6,8-9,18H2,1-3H3;1-2H3. The van der Waals surface area contributed by atoms with E-state index in [2.05, 4.69) is 26.8 Å². The second-order valence-corrected chi connectivity index (χ2v) is 5.52. The third-order valence-electron chi connectivity index (χ3n) is 4.27. The fourth-order valence-electron chi connectivity index (χ4n) is 2.97. The Balaban J connectivity index is 0.000000956. The zero-order chi connectivity index (χ0) is 15.3. The first-order valence-electron chi connectivity index (χ1n) is 7.61. The van der Waals surface area contributed by atoms with Crippen molar-refractivity contribution in [1.29, 1.82) is 0 Å². The molecule has 0 aliphatic heterocycles. The molecule has 1 aromatic carbocycles. The molecule has 0 fully saturated rings. The van der Waals surface area contributed by atoms with Gasteiger partial charge < -0.3 is 5.73 Å². The maximum Gasteiger partial charge on any atom is 0.0931 e. The van der Waals surface area contributed by atoms with Crippen LogP contribution in [0.5, 0.6) is 0 Å². The number of hydrogen-bond donors (Lipinski definition) is 1. The van der Waals surface area contributed by atoms with Crippen molar-refractivity contribution in [2.24, 2.45) is 5.92 Å². The van der Waals surface area contributed by atoms with Crippen molar-refractivity contribution >= 4 is 5.69 Å². The molecule has 0 bridgehead atoms. The largest absolute Gasteiger partial charge is 0.398 e. The Bertz CT molecular complexity index is 477. The van der Waals surface area contributed by atoms with E-state index in [1.807, 2.05) is 26.0 Å². The first kappa shape index (κ1) is 16.7. The normalized spacial score (nSPS) is 21.8. The minimum absolute atomic E-state index is 0.0801. The summed E-state index contributed by atoms with van der Waals surface area (Å²) in [6.45, 7) is 10.1. The van der Waals surface area contributed by atoms with Crippen molar-refractivity contribution in [2.45, 2.75) is 53.4 Å². The van der Waals surface area contributed by atoms with Gasteiger partial charge in [0.05, 0.1) is 6.67 Å². The molecule has 20 heavy (non-hydrogen) atoms. The Kier molecular flexibility index (Phi) is 6.25. The van der Waals surface area contributed by atoms with Crippen LogP contribution in [-0.2, 0) is 0 Å². The van der Waals surface area contributed by atoms with Gasteiger partial charge in [0.25, 0.3) is 0 Å². The maximum absolute atomic E-state index is 13.2. The van der Waals surface area contributed by atoms with E-state index >= 15 is 0 Å². The van der Waals surface area contributed by atoms with Gasteiger partial charge in [-0.1, -0.05) is 31.6 Å². The van der Waals surface area contributed by atoms with Crippen molar-refractivity contribution in [1.82, 2.24) is 0 Å². The highest BCUT2D eigenvalue weighted by molar-refractivity contribution is 5.56. The zero-order valence-corrected chi connectivity index (χ0v) is 13.5. The minimum Gasteiger partial charge on any atom is -0.398 e. The summed E-state index contributed by atoms with van der Waals surface area (Å²) in [5.41, 5.74) is 12.0. The Labute approximate surface area is 123 Å². The highest BCUT2D eigenvalue weighted by atomic mass is 19.1. The number of halogens is 1. The van der Waals surface area contributed by atoms with Gasteiger partial charge in [0.2, 0.25) is 0 Å². The minimum atomic E-state index is -0.263. The third-order valence-corrected chi connectivity index (χ3v) is 4.27. The number of nitrogens with two attached hydrogens (primary N) is 1. The Morgan fingerprint density at radius 3 is 2.45 bits per heavy atom. The van der Waals surface area contributed by atoms with Crippen molar-refractivity contribution in [2.75, 3.05) is 12.4 Å². The van der Waals surface area contributed by atoms with Crippen LogP contribution >= 0.6 is 0 Å². The van der Waals surface area contributed by atoms with Gasteiger partial charge in [-0.15, -0.1) is 0 Å². The Morgan fingerprint density at radius 1 is 1.20 bits per heavy atom. The summed E-state index contributed by atoms with van der Waals surface area (Å²) in [5.74, 6) is 0.316. The Morgan fingerprint density at radius 2 is 1.85 bits per heavy atom. The molecule has 0 saturated heterocycles. The summed E-state index contributed by atoms with van der Waals surface area (Å²) >= 11 is 0. The van der Waals surface area contributed by atoms with Crippen LogP contribution in [0.1, 0.15) is 56.2 Å². The lowest BCUT2D eigenvalue weighted by atomic mass is 9.74. The van der Waals surface area contributed by atoms with Crippen LogP contribution in [0, 0.1) is 19.8 Å². The van der Waals surface area contributed by atoms with Crippen molar-refractivity contribution in [3.05, 3.63) is 40.5 Å². The topological polar surface area (TPSA) is 26.0 Å². The molecular weight excluding hydrogens is 249 g/mol. The van der Waals surface area contributed by atoms with Crippen LogP contribution in [-0.4, -0.2) is 6.67 Å². The highest BCUT2D eigenvalue weighted by Gasteiger charge is 2.29. The van der Waals surface area contributed by atoms with Gasteiger partial charge in [0, 0.05) is 5.69 Å². The molecule has 0 heterocycles. The van der Waals surface area contributed by atoms with E-state index in [0.717, 1.165) is 18.5 Å². The molecule has 0 aromatic heterocycles. The monoisotopic (exact) mass is 277 g/mol. The summed E-state index contributed by atoms with van der Waals surface area (Å²) in [6.07, 6.45) is 3.94. The molecule has 112 valence electrons. The number of anilines is 1. The predicted molar refractivity (Wildman–Crippen MR) is 86.9 cm³/mol. The quantitative estimate of drug-likeness (QED) is 0.574. The van der Waals surface area contributed by atoms with E-state index in [1.54, 1.807) is 0 Å². The molecule has 1 aliphatic carbocycles. The number of allylic oxidation sites excluding steroid dienone is 2. The number of nitrogen functional groups attached to an aromatic ring is 1. The van der Waals surface area contributed by atoms with Gasteiger partial charge in [0.15, 0.2) is 0 Å². The lowest BCUT2D eigenvalue weighted by Crippen LogP contribution is -2.21. The van der Waals surface area contributed by atoms with Crippen LogP contribution in [0.3, 0.4) is 0 Å². The SMILES string of the molecule is CC.CC1=CCC(CF)C(c2c(N)ccc(C)c2C)C1. The molecule has 2 atom stereocenters. The number of rotatable bonds is 2. The smallest absolute Gasteiger partial charge is 0.0931 e. The molecule has 0 amide bonds. The van der Waals surface area contributed by atoms with Crippen LogP contribution < -0.4 is 5.73 Å². The van der Waals surface area contributed by atoms with Gasteiger partial charge in [-0.3, -0.25) is 4.39 Å². The summed E-state index contributed by atoms with van der Waals surface area (Å²) in [5, 5.41) is 0. The van der Waals surface area contributed by atoms with E-state index < -0.39 is 0 Å². The molecule has 2 heteroatoms. The van der Waals surface area contributed by atoms with Gasteiger partial charge in [-0.05, 0) is 68.2 Å². The van der Waals surface area contributed by atoms with Crippen LogP contribution in [0.4, 0.5) is 10.1 Å². The van der Waals surface area contributed by atoms with E-state index in [1.165, 1.54) is 22.3 Å². The average Bonchev–Trinajstić information content (AvgIpc) is 2.46. The first-order chi connectivity index (χ1) is 9.54. The fraction of sp³-hybridized carbons (Fsp3) is 0.556. The van der Waals surface area contributed by atoms with E-state index in [0.29, 0.717) is 0 Å². The third kappa shape index (κ3) is 3.41. The van der Waals surface area contributed by atoms with E-state index in [9.17, 15) is 4.39 Å². The van der Waals surface area contributed by atoms with Gasteiger partial charge >= 0.3 is 0 Å². The second-order valence-electron chi connectivity index (χ2n) is 5.52. The average molecular weight is 277 g/mol. The van der Waals surface area contributed by atoms with Crippen LogP contribution in [0.25, 0.3) is 0 Å². The van der Waals surface area contributed by atoms with Crippen molar-refractivity contribution in [3.8, 4) is 0 Å². The summed E-state index contributed by atoms with van der Waals surface area (Å²) in [4.78, 5) is 0. The maximum atomic E-state index is 13.2. The number of benzene rings is 1. The molecule has 1 aromatic rings. The zero-order valence-electron chi connectivity index (χ0n) is 13.5. The number of alkyl halides is 1. The Hall–Kier alpha value is -1.31. The van der Waals surface area contributed by atoms with Gasteiger partial charge in [-0.2, -0.15) is 0 Å². The molecule has 0 spiro atoms. The highest BCUT2D eigenvalue weighted by Crippen LogP contribution is 2.42. The summed E-state index contributed by atoms with van der Waals surface area (Å²) in [6, 6.07) is 4.00. The fourth-order valence-corrected chi connectivity index (χ4v) is 2.97. The summed E-state index contributed by atoms with van der Waals surface area (Å²) < 4.78 is 13.2. The van der Waals surface area contributed by atoms with Crippen LogP contribution in [0.2, 0.25) is 0 Å². The molecule has 2 N–H and O–H groups in total.